The molecule has 2 N–H and O–H groups in total. The van der Waals surface area contributed by atoms with E-state index in [9.17, 15) is 19.8 Å². The Bertz CT molecular complexity index is 775. The fourth-order valence-corrected chi connectivity index (χ4v) is 2.67. The summed E-state index contributed by atoms with van der Waals surface area (Å²) in [5.41, 5.74) is 3.19. The van der Waals surface area contributed by atoms with Crippen LogP contribution in [0.4, 0.5) is 0 Å². The van der Waals surface area contributed by atoms with Gasteiger partial charge in [0.1, 0.15) is 11.5 Å². The Morgan fingerprint density at radius 3 is 2.46 bits per heavy atom. The zero-order valence-electron chi connectivity index (χ0n) is 14.2. The van der Waals surface area contributed by atoms with E-state index in [4.69, 9.17) is 0 Å². The summed E-state index contributed by atoms with van der Waals surface area (Å²) >= 11 is 0. The van der Waals surface area contributed by atoms with Crippen LogP contribution in [-0.2, 0) is 11.2 Å². The van der Waals surface area contributed by atoms with E-state index >= 15 is 0 Å². The third-order valence-electron chi connectivity index (χ3n) is 4.03. The molecule has 0 amide bonds. The lowest BCUT2D eigenvalue weighted by Crippen LogP contribution is -2.20. The number of carbonyl (C=O) groups is 2. The summed E-state index contributed by atoms with van der Waals surface area (Å²) in [4.78, 5) is 23.9. The van der Waals surface area contributed by atoms with Crippen LogP contribution >= 0.6 is 0 Å². The van der Waals surface area contributed by atoms with Gasteiger partial charge in [-0.25, -0.2) is 0 Å². The van der Waals surface area contributed by atoms with Crippen LogP contribution in [0.5, 0.6) is 5.75 Å². The molecule has 1 aromatic carbocycles. The molecule has 24 heavy (non-hydrogen) atoms. The lowest BCUT2D eigenvalue weighted by molar-refractivity contribution is -0.111. The molecule has 4 heteroatoms. The van der Waals surface area contributed by atoms with E-state index in [1.165, 1.54) is 17.7 Å². The number of allylic oxidation sites excluding steroid dienone is 5. The fourth-order valence-electron chi connectivity index (χ4n) is 2.67. The molecule has 1 aliphatic carbocycles. The van der Waals surface area contributed by atoms with Crippen molar-refractivity contribution in [3.63, 3.8) is 0 Å². The fraction of sp³-hybridized carbons (Fsp3) is 0.300. The number of hydrogen-bond donors (Lipinski definition) is 2. The molecule has 2 rings (SSSR count). The smallest absolute Gasteiger partial charge is 0.234 e. The molecule has 0 fully saturated rings. The Balaban J connectivity index is 2.30. The van der Waals surface area contributed by atoms with Gasteiger partial charge in [-0.15, -0.1) is 0 Å². The van der Waals surface area contributed by atoms with Crippen molar-refractivity contribution >= 4 is 17.3 Å². The van der Waals surface area contributed by atoms with Crippen molar-refractivity contribution in [3.05, 3.63) is 58.2 Å². The standard InChI is InChI=1S/C20H22O4/c1-12(2)5-4-6-13(3)7-8-14-16(21)10-9-15-17(22)11-18(23)20(24)19(14)15/h5,7,9-11,21-22H,4,6,8H2,1-3H3. The zero-order valence-corrected chi connectivity index (χ0v) is 14.2. The normalized spacial score (nSPS) is 14.3. The van der Waals surface area contributed by atoms with Gasteiger partial charge in [-0.1, -0.05) is 23.3 Å². The topological polar surface area (TPSA) is 74.6 Å². The molecular weight excluding hydrogens is 304 g/mol. The van der Waals surface area contributed by atoms with Gasteiger partial charge in [0, 0.05) is 22.8 Å². The third kappa shape index (κ3) is 3.82. The number of carbonyl (C=O) groups excluding carboxylic acids is 2. The zero-order chi connectivity index (χ0) is 17.9. The van der Waals surface area contributed by atoms with Crippen LogP contribution in [0.15, 0.2) is 41.5 Å². The van der Waals surface area contributed by atoms with Crippen LogP contribution in [0, 0.1) is 0 Å². The third-order valence-corrected chi connectivity index (χ3v) is 4.03. The van der Waals surface area contributed by atoms with Gasteiger partial charge in [0.25, 0.3) is 0 Å². The molecule has 0 saturated carbocycles. The average Bonchev–Trinajstić information content (AvgIpc) is 2.50. The largest absolute Gasteiger partial charge is 0.508 e. The molecule has 0 bridgehead atoms. The summed E-state index contributed by atoms with van der Waals surface area (Å²) in [5, 5.41) is 20.0. The Hall–Kier alpha value is -2.62. The van der Waals surface area contributed by atoms with E-state index in [0.29, 0.717) is 17.5 Å². The molecule has 0 aliphatic heterocycles. The number of aliphatic hydroxyl groups is 1. The van der Waals surface area contributed by atoms with Crippen LogP contribution in [0.2, 0.25) is 0 Å². The van der Waals surface area contributed by atoms with Crippen molar-refractivity contribution in [3.8, 4) is 5.75 Å². The van der Waals surface area contributed by atoms with Gasteiger partial charge in [-0.2, -0.15) is 0 Å². The van der Waals surface area contributed by atoms with Crippen LogP contribution in [0.1, 0.15) is 55.1 Å². The molecule has 0 heterocycles. The second-order valence-corrected chi connectivity index (χ2v) is 6.28. The van der Waals surface area contributed by atoms with Crippen LogP contribution in [0.3, 0.4) is 0 Å². The maximum absolute atomic E-state index is 12.2. The molecule has 0 aromatic heterocycles. The van der Waals surface area contributed by atoms with Gasteiger partial charge in [-0.05, 0) is 52.2 Å². The van der Waals surface area contributed by atoms with E-state index < -0.39 is 11.6 Å². The minimum Gasteiger partial charge on any atom is -0.508 e. The number of rotatable bonds is 5. The number of phenols is 1. The molecule has 0 spiro atoms. The van der Waals surface area contributed by atoms with Crippen molar-refractivity contribution in [2.45, 2.75) is 40.0 Å². The number of phenolic OH excluding ortho intramolecular Hbond substituents is 1. The van der Waals surface area contributed by atoms with Crippen molar-refractivity contribution in [2.75, 3.05) is 0 Å². The number of aromatic hydroxyl groups is 1. The number of fused-ring (bicyclic) bond motifs is 1. The van der Waals surface area contributed by atoms with Gasteiger partial charge in [-0.3, -0.25) is 9.59 Å². The Morgan fingerprint density at radius 2 is 1.79 bits per heavy atom. The van der Waals surface area contributed by atoms with Crippen molar-refractivity contribution in [2.24, 2.45) is 0 Å². The van der Waals surface area contributed by atoms with Gasteiger partial charge in [0.05, 0.1) is 0 Å². The van der Waals surface area contributed by atoms with E-state index in [1.54, 1.807) is 0 Å². The first kappa shape index (κ1) is 17.7. The lowest BCUT2D eigenvalue weighted by Gasteiger charge is -2.16. The molecule has 0 saturated heterocycles. The first-order chi connectivity index (χ1) is 11.3. The van der Waals surface area contributed by atoms with Gasteiger partial charge < -0.3 is 10.2 Å². The molecular formula is C20H22O4. The second-order valence-electron chi connectivity index (χ2n) is 6.28. The summed E-state index contributed by atoms with van der Waals surface area (Å²) in [6, 6.07) is 2.89. The molecule has 4 nitrogen and oxygen atoms in total. The summed E-state index contributed by atoms with van der Waals surface area (Å²) in [5.74, 6) is -1.74. The van der Waals surface area contributed by atoms with Gasteiger partial charge >= 0.3 is 0 Å². The van der Waals surface area contributed by atoms with Crippen LogP contribution in [-0.4, -0.2) is 21.8 Å². The second kappa shape index (κ2) is 7.30. The molecule has 1 aromatic rings. The summed E-state index contributed by atoms with van der Waals surface area (Å²) < 4.78 is 0. The minimum absolute atomic E-state index is 0.0436. The number of aliphatic hydroxyl groups excluding tert-OH is 1. The highest BCUT2D eigenvalue weighted by molar-refractivity contribution is 6.50. The van der Waals surface area contributed by atoms with E-state index in [1.807, 2.05) is 13.0 Å². The predicted octanol–water partition coefficient (Wildman–Crippen LogP) is 4.29. The average molecular weight is 326 g/mol. The molecule has 0 atom stereocenters. The Morgan fingerprint density at radius 1 is 1.08 bits per heavy atom. The Labute approximate surface area is 141 Å². The highest BCUT2D eigenvalue weighted by Gasteiger charge is 2.29. The van der Waals surface area contributed by atoms with E-state index in [2.05, 4.69) is 19.9 Å². The Kier molecular flexibility index (Phi) is 5.39. The van der Waals surface area contributed by atoms with Crippen LogP contribution in [0.25, 0.3) is 5.76 Å². The van der Waals surface area contributed by atoms with E-state index in [-0.39, 0.29) is 17.1 Å². The molecule has 0 radical (unpaired) electrons. The number of benzene rings is 1. The highest BCUT2D eigenvalue weighted by Crippen LogP contribution is 2.32. The van der Waals surface area contributed by atoms with E-state index in [0.717, 1.165) is 24.5 Å². The number of hydrogen-bond acceptors (Lipinski definition) is 4. The summed E-state index contributed by atoms with van der Waals surface area (Å²) in [6.07, 6.45) is 7.18. The first-order valence-corrected chi connectivity index (χ1v) is 7.94. The monoisotopic (exact) mass is 326 g/mol. The SMILES string of the molecule is CC(C)=CCCC(C)=CCc1c(O)ccc2c1C(=O)C(=O)C=C2O. The highest BCUT2D eigenvalue weighted by atomic mass is 16.3. The maximum Gasteiger partial charge on any atom is 0.234 e. The molecule has 126 valence electrons. The van der Waals surface area contributed by atoms with Crippen molar-refractivity contribution in [1.29, 1.82) is 0 Å². The predicted molar refractivity (Wildman–Crippen MR) is 94.2 cm³/mol. The summed E-state index contributed by atoms with van der Waals surface area (Å²) in [6.45, 7) is 6.10. The first-order valence-electron chi connectivity index (χ1n) is 7.94. The van der Waals surface area contributed by atoms with Gasteiger partial charge in [0.15, 0.2) is 0 Å². The molecule has 1 aliphatic rings. The number of Topliss-reactive ketones (excluding diaryl/α,β-unsaturated/α-hetero) is 1. The number of ketones is 2. The van der Waals surface area contributed by atoms with Crippen molar-refractivity contribution in [1.82, 2.24) is 0 Å². The molecule has 0 unspecified atom stereocenters. The minimum atomic E-state index is -0.767. The van der Waals surface area contributed by atoms with Crippen LogP contribution < -0.4 is 0 Å². The quantitative estimate of drug-likeness (QED) is 0.625. The van der Waals surface area contributed by atoms with Crippen molar-refractivity contribution < 1.29 is 19.8 Å². The van der Waals surface area contributed by atoms with Gasteiger partial charge in [0.2, 0.25) is 11.6 Å². The maximum atomic E-state index is 12.2. The lowest BCUT2D eigenvalue weighted by atomic mass is 9.87. The summed E-state index contributed by atoms with van der Waals surface area (Å²) in [7, 11) is 0.